The van der Waals surface area contributed by atoms with Crippen molar-refractivity contribution in [3.8, 4) is 0 Å². The fourth-order valence-corrected chi connectivity index (χ4v) is 1.47. The Hall–Kier alpha value is -1.88. The lowest BCUT2D eigenvalue weighted by molar-refractivity contribution is -0.137. The first-order chi connectivity index (χ1) is 8.61. The fourth-order valence-electron chi connectivity index (χ4n) is 1.47. The lowest BCUT2D eigenvalue weighted by Crippen LogP contribution is -2.11. The highest BCUT2D eigenvalue weighted by atomic mass is 16.5. The van der Waals surface area contributed by atoms with Gasteiger partial charge in [-0.1, -0.05) is 12.1 Å². The van der Waals surface area contributed by atoms with Gasteiger partial charge in [-0.2, -0.15) is 0 Å². The van der Waals surface area contributed by atoms with Crippen molar-refractivity contribution < 1.29 is 19.4 Å². The van der Waals surface area contributed by atoms with E-state index in [9.17, 15) is 9.59 Å². The number of aliphatic carboxylic acids is 1. The summed E-state index contributed by atoms with van der Waals surface area (Å²) in [5.74, 6) is -1.05. The number of carboxylic acid groups (broad SMARTS) is 1. The molecule has 0 saturated heterocycles. The Kier molecular flexibility index (Phi) is 5.87. The van der Waals surface area contributed by atoms with Crippen LogP contribution in [0.1, 0.15) is 24.8 Å². The summed E-state index contributed by atoms with van der Waals surface area (Å²) in [6.07, 6.45) is 0.579. The van der Waals surface area contributed by atoms with E-state index in [-0.39, 0.29) is 18.7 Å². The van der Waals surface area contributed by atoms with Crippen molar-refractivity contribution >= 4 is 17.6 Å². The molecule has 0 aromatic heterocycles. The molecule has 0 spiro atoms. The number of rotatable bonds is 7. The van der Waals surface area contributed by atoms with E-state index in [2.05, 4.69) is 5.32 Å². The average Bonchev–Trinajstić information content (AvgIpc) is 2.31. The maximum atomic E-state index is 11.5. The first-order valence-corrected chi connectivity index (χ1v) is 5.71. The minimum Gasteiger partial charge on any atom is -0.481 e. The van der Waals surface area contributed by atoms with Gasteiger partial charge in [-0.25, -0.2) is 0 Å². The Morgan fingerprint density at radius 1 is 1.22 bits per heavy atom. The van der Waals surface area contributed by atoms with Gasteiger partial charge in [0.1, 0.15) is 0 Å². The first kappa shape index (κ1) is 14.2. The maximum absolute atomic E-state index is 11.5. The molecule has 1 amide bonds. The van der Waals surface area contributed by atoms with E-state index in [1.807, 2.05) is 12.1 Å². The number of benzene rings is 1. The molecular weight excluding hydrogens is 234 g/mol. The lowest BCUT2D eigenvalue weighted by atomic mass is 10.2. The Morgan fingerprint density at radius 2 is 1.89 bits per heavy atom. The van der Waals surface area contributed by atoms with Crippen molar-refractivity contribution in [1.29, 1.82) is 0 Å². The number of amides is 1. The molecule has 0 bridgehead atoms. The van der Waals surface area contributed by atoms with Crippen LogP contribution in [0, 0.1) is 0 Å². The van der Waals surface area contributed by atoms with E-state index in [4.69, 9.17) is 9.84 Å². The number of ether oxygens (including phenoxy) is 1. The van der Waals surface area contributed by atoms with Crippen molar-refractivity contribution in [2.75, 3.05) is 12.4 Å². The van der Waals surface area contributed by atoms with Crippen LogP contribution in [0.25, 0.3) is 0 Å². The molecule has 0 fully saturated rings. The third-order valence-corrected chi connectivity index (χ3v) is 2.34. The van der Waals surface area contributed by atoms with Gasteiger partial charge < -0.3 is 15.2 Å². The monoisotopic (exact) mass is 251 g/mol. The van der Waals surface area contributed by atoms with Gasteiger partial charge in [-0.3, -0.25) is 9.59 Å². The minimum atomic E-state index is -0.883. The minimum absolute atomic E-state index is 0.0141. The zero-order chi connectivity index (χ0) is 13.4. The number of hydrogen-bond donors (Lipinski definition) is 2. The summed E-state index contributed by atoms with van der Waals surface area (Å²) in [7, 11) is 1.62. The summed E-state index contributed by atoms with van der Waals surface area (Å²) in [6.45, 7) is 0.535. The van der Waals surface area contributed by atoms with Crippen molar-refractivity contribution in [1.82, 2.24) is 0 Å². The first-order valence-electron chi connectivity index (χ1n) is 5.71. The summed E-state index contributed by atoms with van der Waals surface area (Å²) in [5, 5.41) is 11.2. The van der Waals surface area contributed by atoms with Gasteiger partial charge in [0, 0.05) is 25.6 Å². The molecule has 1 aromatic carbocycles. The van der Waals surface area contributed by atoms with E-state index in [1.54, 1.807) is 19.2 Å². The topological polar surface area (TPSA) is 75.6 Å². The molecule has 0 saturated carbocycles. The van der Waals surface area contributed by atoms with Crippen molar-refractivity contribution in [2.24, 2.45) is 0 Å². The molecule has 5 nitrogen and oxygen atoms in total. The lowest BCUT2D eigenvalue weighted by Gasteiger charge is -2.05. The number of methoxy groups -OCH3 is 1. The van der Waals surface area contributed by atoms with Crippen LogP contribution in [0.2, 0.25) is 0 Å². The molecule has 0 aliphatic rings. The van der Waals surface area contributed by atoms with Crippen LogP contribution in [0.5, 0.6) is 0 Å². The molecule has 18 heavy (non-hydrogen) atoms. The molecule has 0 aliphatic heterocycles. The predicted octanol–water partition coefficient (Wildman–Crippen LogP) is 2.03. The molecular formula is C13H17NO4. The molecule has 2 N–H and O–H groups in total. The third-order valence-electron chi connectivity index (χ3n) is 2.34. The van der Waals surface area contributed by atoms with Gasteiger partial charge in [0.15, 0.2) is 0 Å². The van der Waals surface area contributed by atoms with Crippen molar-refractivity contribution in [3.63, 3.8) is 0 Å². The molecule has 1 aromatic rings. The van der Waals surface area contributed by atoms with Crippen molar-refractivity contribution in [3.05, 3.63) is 29.8 Å². The summed E-state index contributed by atoms with van der Waals surface area (Å²) < 4.78 is 4.98. The van der Waals surface area contributed by atoms with Gasteiger partial charge in [-0.15, -0.1) is 0 Å². The van der Waals surface area contributed by atoms with Gasteiger partial charge in [-0.05, 0) is 24.1 Å². The third kappa shape index (κ3) is 5.45. The van der Waals surface area contributed by atoms with Gasteiger partial charge in [0.05, 0.1) is 6.61 Å². The predicted molar refractivity (Wildman–Crippen MR) is 67.3 cm³/mol. The van der Waals surface area contributed by atoms with E-state index >= 15 is 0 Å². The molecule has 0 atom stereocenters. The zero-order valence-electron chi connectivity index (χ0n) is 10.3. The highest BCUT2D eigenvalue weighted by Crippen LogP contribution is 2.11. The quantitative estimate of drug-likeness (QED) is 0.777. The number of hydrogen-bond acceptors (Lipinski definition) is 3. The van der Waals surface area contributed by atoms with Crippen LogP contribution < -0.4 is 5.32 Å². The number of anilines is 1. The van der Waals surface area contributed by atoms with Crippen LogP contribution in [-0.2, 0) is 20.9 Å². The van der Waals surface area contributed by atoms with Crippen molar-refractivity contribution in [2.45, 2.75) is 25.9 Å². The Labute approximate surface area is 106 Å². The smallest absolute Gasteiger partial charge is 0.303 e. The van der Waals surface area contributed by atoms with Crippen LogP contribution in [0.15, 0.2) is 24.3 Å². The van der Waals surface area contributed by atoms with E-state index in [1.165, 1.54) is 0 Å². The Bertz CT molecular complexity index is 400. The second kappa shape index (κ2) is 7.45. The normalized spacial score (nSPS) is 10.1. The Balaban J connectivity index is 2.37. The average molecular weight is 251 g/mol. The van der Waals surface area contributed by atoms with Gasteiger partial charge in [0.25, 0.3) is 0 Å². The molecule has 98 valence electrons. The zero-order valence-corrected chi connectivity index (χ0v) is 10.3. The molecule has 0 aliphatic carbocycles. The standard InChI is InChI=1S/C13H17NO4/c1-18-9-10-5-7-11(8-6-10)14-12(15)3-2-4-13(16)17/h5-8H,2-4,9H2,1H3,(H,14,15)(H,16,17). The SMILES string of the molecule is COCc1ccc(NC(=O)CCCC(=O)O)cc1. The largest absolute Gasteiger partial charge is 0.481 e. The van der Waals surface area contributed by atoms with Gasteiger partial charge >= 0.3 is 5.97 Å². The number of carbonyl (C=O) groups is 2. The van der Waals surface area contributed by atoms with E-state index in [0.717, 1.165) is 5.56 Å². The summed E-state index contributed by atoms with van der Waals surface area (Å²) >= 11 is 0. The summed E-state index contributed by atoms with van der Waals surface area (Å²) in [5.41, 5.74) is 1.73. The highest BCUT2D eigenvalue weighted by Gasteiger charge is 2.04. The summed E-state index contributed by atoms with van der Waals surface area (Å²) in [6, 6.07) is 7.33. The maximum Gasteiger partial charge on any atom is 0.303 e. The Morgan fingerprint density at radius 3 is 2.44 bits per heavy atom. The second-order valence-electron chi connectivity index (χ2n) is 3.93. The number of carboxylic acids is 1. The molecule has 0 heterocycles. The number of carbonyl (C=O) groups excluding carboxylic acids is 1. The fraction of sp³-hybridized carbons (Fsp3) is 0.385. The van der Waals surface area contributed by atoms with Crippen LogP contribution in [0.4, 0.5) is 5.69 Å². The number of nitrogens with one attached hydrogen (secondary N) is 1. The highest BCUT2D eigenvalue weighted by molar-refractivity contribution is 5.90. The molecule has 0 radical (unpaired) electrons. The van der Waals surface area contributed by atoms with E-state index in [0.29, 0.717) is 18.7 Å². The summed E-state index contributed by atoms with van der Waals surface area (Å²) in [4.78, 5) is 21.8. The second-order valence-corrected chi connectivity index (χ2v) is 3.93. The van der Waals surface area contributed by atoms with E-state index < -0.39 is 5.97 Å². The molecule has 1 rings (SSSR count). The van der Waals surface area contributed by atoms with Gasteiger partial charge in [0.2, 0.25) is 5.91 Å². The van der Waals surface area contributed by atoms with Crippen LogP contribution >= 0.6 is 0 Å². The molecule has 0 unspecified atom stereocenters. The molecule has 5 heteroatoms. The van der Waals surface area contributed by atoms with Crippen LogP contribution in [0.3, 0.4) is 0 Å². The van der Waals surface area contributed by atoms with Crippen LogP contribution in [-0.4, -0.2) is 24.1 Å².